The molecule has 0 aliphatic carbocycles. The van der Waals surface area contributed by atoms with Crippen LogP contribution >= 0.6 is 0 Å². The van der Waals surface area contributed by atoms with E-state index in [4.69, 9.17) is 5.11 Å². The van der Waals surface area contributed by atoms with Crippen LogP contribution in [0.15, 0.2) is 12.1 Å². The van der Waals surface area contributed by atoms with Crippen LogP contribution < -0.4 is 0 Å². The number of nitrogens with zero attached hydrogens (tertiary/aromatic N) is 1. The van der Waals surface area contributed by atoms with Crippen molar-refractivity contribution in [2.24, 2.45) is 7.05 Å². The summed E-state index contributed by atoms with van der Waals surface area (Å²) in [7, 11) is 2.01. The van der Waals surface area contributed by atoms with E-state index in [1.807, 2.05) is 20.9 Å². The first-order valence-corrected chi connectivity index (χ1v) is 5.23. The summed E-state index contributed by atoms with van der Waals surface area (Å²) in [6.07, 6.45) is 0. The number of carboxylic acids is 1. The standard InChI is InChI=1S/C13H15NO2/c1-7-5-10(13(15)16)6-11-8(2)9(3)14(4)12(7)11/h5-6H,1-4H3,(H,15,16). The van der Waals surface area contributed by atoms with E-state index >= 15 is 0 Å². The summed E-state index contributed by atoms with van der Waals surface area (Å²) >= 11 is 0. The second-order valence-corrected chi connectivity index (χ2v) is 4.26. The number of carbonyl (C=O) groups is 1. The number of rotatable bonds is 1. The fourth-order valence-electron chi connectivity index (χ4n) is 2.25. The maximum atomic E-state index is 11.0. The van der Waals surface area contributed by atoms with Gasteiger partial charge in [0.25, 0.3) is 0 Å². The van der Waals surface area contributed by atoms with Gasteiger partial charge in [-0.1, -0.05) is 0 Å². The summed E-state index contributed by atoms with van der Waals surface area (Å²) in [6, 6.07) is 3.48. The van der Waals surface area contributed by atoms with Gasteiger partial charge in [-0.3, -0.25) is 0 Å². The highest BCUT2D eigenvalue weighted by Crippen LogP contribution is 2.28. The summed E-state index contributed by atoms with van der Waals surface area (Å²) in [5.41, 5.74) is 4.83. The number of aromatic carboxylic acids is 1. The van der Waals surface area contributed by atoms with E-state index in [0.717, 1.165) is 22.0 Å². The van der Waals surface area contributed by atoms with Gasteiger partial charge in [0, 0.05) is 18.1 Å². The first kappa shape index (κ1) is 10.7. The smallest absolute Gasteiger partial charge is 0.335 e. The molecular weight excluding hydrogens is 202 g/mol. The number of benzene rings is 1. The lowest BCUT2D eigenvalue weighted by Gasteiger charge is -2.04. The number of hydrogen-bond donors (Lipinski definition) is 1. The number of aryl methyl sites for hydroxylation is 3. The molecule has 3 heteroatoms. The second kappa shape index (κ2) is 3.37. The lowest BCUT2D eigenvalue weighted by atomic mass is 10.1. The Balaban J connectivity index is 2.93. The number of hydrogen-bond acceptors (Lipinski definition) is 1. The molecular formula is C13H15NO2. The van der Waals surface area contributed by atoms with E-state index in [9.17, 15) is 4.79 Å². The van der Waals surface area contributed by atoms with E-state index in [1.54, 1.807) is 12.1 Å². The molecule has 1 N–H and O–H groups in total. The van der Waals surface area contributed by atoms with Gasteiger partial charge in [0.2, 0.25) is 0 Å². The van der Waals surface area contributed by atoms with Crippen molar-refractivity contribution in [2.45, 2.75) is 20.8 Å². The molecule has 0 aliphatic heterocycles. The van der Waals surface area contributed by atoms with E-state index in [-0.39, 0.29) is 0 Å². The van der Waals surface area contributed by atoms with Gasteiger partial charge >= 0.3 is 5.97 Å². The van der Waals surface area contributed by atoms with Gasteiger partial charge in [-0.15, -0.1) is 0 Å². The Morgan fingerprint density at radius 2 is 1.88 bits per heavy atom. The Labute approximate surface area is 94.3 Å². The second-order valence-electron chi connectivity index (χ2n) is 4.26. The van der Waals surface area contributed by atoms with Crippen molar-refractivity contribution in [1.29, 1.82) is 0 Å². The topological polar surface area (TPSA) is 42.2 Å². The third kappa shape index (κ3) is 1.32. The zero-order valence-electron chi connectivity index (χ0n) is 9.96. The fraction of sp³-hybridized carbons (Fsp3) is 0.308. The summed E-state index contributed by atoms with van der Waals surface area (Å²) in [6.45, 7) is 6.03. The third-order valence-electron chi connectivity index (χ3n) is 3.33. The van der Waals surface area contributed by atoms with Crippen molar-refractivity contribution in [3.8, 4) is 0 Å². The predicted molar refractivity (Wildman–Crippen MR) is 64.1 cm³/mol. The zero-order valence-corrected chi connectivity index (χ0v) is 9.96. The van der Waals surface area contributed by atoms with Crippen molar-refractivity contribution in [3.05, 3.63) is 34.5 Å². The third-order valence-corrected chi connectivity index (χ3v) is 3.33. The molecule has 2 aromatic rings. The molecule has 1 aromatic heterocycles. The minimum Gasteiger partial charge on any atom is -0.478 e. The average molecular weight is 217 g/mol. The normalized spacial score (nSPS) is 11.0. The van der Waals surface area contributed by atoms with E-state index in [1.165, 1.54) is 5.69 Å². The van der Waals surface area contributed by atoms with E-state index in [0.29, 0.717) is 5.56 Å². The van der Waals surface area contributed by atoms with E-state index < -0.39 is 5.97 Å². The molecule has 3 nitrogen and oxygen atoms in total. The highest BCUT2D eigenvalue weighted by Gasteiger charge is 2.13. The van der Waals surface area contributed by atoms with Crippen LogP contribution in [0.5, 0.6) is 0 Å². The molecule has 1 heterocycles. The molecule has 0 fully saturated rings. The largest absolute Gasteiger partial charge is 0.478 e. The quantitative estimate of drug-likeness (QED) is 0.798. The van der Waals surface area contributed by atoms with Gasteiger partial charge in [0.15, 0.2) is 0 Å². The zero-order chi connectivity index (χ0) is 12.0. The molecule has 0 unspecified atom stereocenters. The molecule has 0 bridgehead atoms. The van der Waals surface area contributed by atoms with Gasteiger partial charge in [-0.05, 0) is 44.0 Å². The molecule has 0 saturated carbocycles. The Morgan fingerprint density at radius 3 is 2.44 bits per heavy atom. The summed E-state index contributed by atoms with van der Waals surface area (Å²) in [4.78, 5) is 11.0. The maximum absolute atomic E-state index is 11.0. The van der Waals surface area contributed by atoms with E-state index in [2.05, 4.69) is 11.5 Å². The van der Waals surface area contributed by atoms with Crippen molar-refractivity contribution < 1.29 is 9.90 Å². The van der Waals surface area contributed by atoms with Gasteiger partial charge in [-0.2, -0.15) is 0 Å². The fourth-order valence-corrected chi connectivity index (χ4v) is 2.25. The van der Waals surface area contributed by atoms with Crippen LogP contribution in [-0.2, 0) is 7.05 Å². The van der Waals surface area contributed by atoms with Crippen molar-refractivity contribution in [1.82, 2.24) is 4.57 Å². The van der Waals surface area contributed by atoms with Crippen LogP contribution in [0.25, 0.3) is 10.9 Å². The van der Waals surface area contributed by atoms with Gasteiger partial charge in [0.05, 0.1) is 11.1 Å². The van der Waals surface area contributed by atoms with Crippen LogP contribution in [-0.4, -0.2) is 15.6 Å². The predicted octanol–water partition coefficient (Wildman–Crippen LogP) is 2.80. The first-order chi connectivity index (χ1) is 7.43. The lowest BCUT2D eigenvalue weighted by Crippen LogP contribution is -1.98. The number of aromatic nitrogens is 1. The Hall–Kier alpha value is -1.77. The Bertz CT molecular complexity index is 594. The summed E-state index contributed by atoms with van der Waals surface area (Å²) in [5, 5.41) is 10.1. The van der Waals surface area contributed by atoms with Gasteiger partial charge in [0.1, 0.15) is 0 Å². The average Bonchev–Trinajstić information content (AvgIpc) is 2.44. The van der Waals surface area contributed by atoms with Crippen LogP contribution in [0.4, 0.5) is 0 Å². The SMILES string of the molecule is Cc1c(C)n(C)c2c(C)cc(C(=O)O)cc12. The maximum Gasteiger partial charge on any atom is 0.335 e. The summed E-state index contributed by atoms with van der Waals surface area (Å²) < 4.78 is 2.12. The molecule has 0 aliphatic rings. The molecule has 0 atom stereocenters. The highest BCUT2D eigenvalue weighted by atomic mass is 16.4. The Morgan fingerprint density at radius 1 is 1.25 bits per heavy atom. The lowest BCUT2D eigenvalue weighted by molar-refractivity contribution is 0.0697. The molecule has 0 saturated heterocycles. The molecule has 84 valence electrons. The molecule has 1 aromatic carbocycles. The van der Waals surface area contributed by atoms with Crippen molar-refractivity contribution in [3.63, 3.8) is 0 Å². The van der Waals surface area contributed by atoms with Crippen LogP contribution in [0, 0.1) is 20.8 Å². The molecule has 0 amide bonds. The van der Waals surface area contributed by atoms with Gasteiger partial charge < -0.3 is 9.67 Å². The first-order valence-electron chi connectivity index (χ1n) is 5.23. The Kier molecular flexibility index (Phi) is 2.26. The van der Waals surface area contributed by atoms with Crippen LogP contribution in [0.2, 0.25) is 0 Å². The number of carboxylic acid groups (broad SMARTS) is 1. The summed E-state index contributed by atoms with van der Waals surface area (Å²) in [5.74, 6) is -0.870. The highest BCUT2D eigenvalue weighted by molar-refractivity contribution is 5.97. The van der Waals surface area contributed by atoms with Crippen molar-refractivity contribution >= 4 is 16.9 Å². The van der Waals surface area contributed by atoms with Crippen LogP contribution in [0.1, 0.15) is 27.2 Å². The van der Waals surface area contributed by atoms with Crippen molar-refractivity contribution in [2.75, 3.05) is 0 Å². The monoisotopic (exact) mass is 217 g/mol. The minimum absolute atomic E-state index is 0.360. The van der Waals surface area contributed by atoms with Crippen LogP contribution in [0.3, 0.4) is 0 Å². The molecule has 2 rings (SSSR count). The molecule has 0 radical (unpaired) electrons. The molecule has 16 heavy (non-hydrogen) atoms. The minimum atomic E-state index is -0.870. The molecule has 0 spiro atoms. The van der Waals surface area contributed by atoms with Gasteiger partial charge in [-0.25, -0.2) is 4.79 Å². The number of fused-ring (bicyclic) bond motifs is 1.